The van der Waals surface area contributed by atoms with E-state index in [0.717, 1.165) is 0 Å². The van der Waals surface area contributed by atoms with Gasteiger partial charge in [0.05, 0.1) is 19.6 Å². The van der Waals surface area contributed by atoms with Gasteiger partial charge in [0.15, 0.2) is 0 Å². The third-order valence-corrected chi connectivity index (χ3v) is 5.30. The Labute approximate surface area is 155 Å². The first-order chi connectivity index (χ1) is 11.8. The van der Waals surface area contributed by atoms with E-state index >= 15 is 0 Å². The fourth-order valence-electron chi connectivity index (χ4n) is 3.26. The summed E-state index contributed by atoms with van der Waals surface area (Å²) in [6.07, 6.45) is 2.31. The number of carbonyl (C=O) groups excluding carboxylic acids is 2. The number of hydrogen-bond donors (Lipinski definition) is 1. The molecule has 1 amide bonds. The minimum absolute atomic E-state index is 0.00531. The van der Waals surface area contributed by atoms with Gasteiger partial charge in [0.2, 0.25) is 5.91 Å². The van der Waals surface area contributed by atoms with Gasteiger partial charge in [0.25, 0.3) is 0 Å². The van der Waals surface area contributed by atoms with Crippen LogP contribution in [0.5, 0.6) is 0 Å². The topological polar surface area (TPSA) is 64.6 Å². The molecule has 1 aliphatic carbocycles. The van der Waals surface area contributed by atoms with E-state index in [0.29, 0.717) is 41.3 Å². The number of nitrogens with one attached hydrogen (secondary N) is 1. The summed E-state index contributed by atoms with van der Waals surface area (Å²) in [5, 5.41) is 2.84. The SMILES string of the molecule is COC(=O)[C@]1(NC(=O)Cc2cc(Br)cc(F)c2C)CC[C@@H](OC)CC1. The second kappa shape index (κ2) is 8.27. The predicted octanol–water partition coefficient (Wildman–Crippen LogP) is 3.06. The lowest BCUT2D eigenvalue weighted by Gasteiger charge is -2.38. The Hall–Kier alpha value is -1.47. The Bertz CT molecular complexity index is 657. The highest BCUT2D eigenvalue weighted by molar-refractivity contribution is 9.10. The number of amides is 1. The van der Waals surface area contributed by atoms with Crippen molar-refractivity contribution >= 4 is 27.8 Å². The van der Waals surface area contributed by atoms with E-state index in [1.807, 2.05) is 0 Å². The van der Waals surface area contributed by atoms with Crippen LogP contribution in [0.3, 0.4) is 0 Å². The molecule has 1 fully saturated rings. The number of halogens is 2. The van der Waals surface area contributed by atoms with Crippen LogP contribution >= 0.6 is 15.9 Å². The summed E-state index contributed by atoms with van der Waals surface area (Å²) in [5.41, 5.74) is -0.0391. The highest BCUT2D eigenvalue weighted by Gasteiger charge is 2.44. The molecular weight excluding hydrogens is 393 g/mol. The van der Waals surface area contributed by atoms with Crippen LogP contribution in [-0.2, 0) is 25.5 Å². The first-order valence-electron chi connectivity index (χ1n) is 8.18. The molecule has 0 heterocycles. The molecule has 1 aliphatic rings. The van der Waals surface area contributed by atoms with Crippen LogP contribution < -0.4 is 5.32 Å². The summed E-state index contributed by atoms with van der Waals surface area (Å²) in [6.45, 7) is 1.63. The van der Waals surface area contributed by atoms with Crippen LogP contribution in [0.25, 0.3) is 0 Å². The van der Waals surface area contributed by atoms with Gasteiger partial charge in [-0.1, -0.05) is 15.9 Å². The quantitative estimate of drug-likeness (QED) is 0.750. The highest BCUT2D eigenvalue weighted by atomic mass is 79.9. The van der Waals surface area contributed by atoms with Crippen molar-refractivity contribution in [3.8, 4) is 0 Å². The molecule has 0 radical (unpaired) electrons. The number of hydrogen-bond acceptors (Lipinski definition) is 4. The number of ether oxygens (including phenoxy) is 2. The van der Waals surface area contributed by atoms with Gasteiger partial charge in [-0.05, 0) is 55.9 Å². The van der Waals surface area contributed by atoms with Crippen molar-refractivity contribution < 1.29 is 23.5 Å². The maximum atomic E-state index is 13.8. The van der Waals surface area contributed by atoms with Crippen LogP contribution in [0.15, 0.2) is 16.6 Å². The zero-order chi connectivity index (χ0) is 18.6. The molecule has 2 rings (SSSR count). The van der Waals surface area contributed by atoms with Crippen LogP contribution in [0.1, 0.15) is 36.8 Å². The molecule has 1 aromatic carbocycles. The lowest BCUT2D eigenvalue weighted by Crippen LogP contribution is -2.57. The lowest BCUT2D eigenvalue weighted by atomic mass is 9.80. The standard InChI is InChI=1S/C18H23BrFNO4/c1-11-12(8-13(19)10-15(11)20)9-16(22)21-18(17(23)25-3)6-4-14(24-2)5-7-18/h8,10,14H,4-7,9H2,1-3H3,(H,21,22)/t14-,18+. The van der Waals surface area contributed by atoms with E-state index in [2.05, 4.69) is 21.2 Å². The molecule has 1 saturated carbocycles. The maximum Gasteiger partial charge on any atom is 0.331 e. The lowest BCUT2D eigenvalue weighted by molar-refractivity contribution is -0.153. The van der Waals surface area contributed by atoms with E-state index in [9.17, 15) is 14.0 Å². The largest absolute Gasteiger partial charge is 0.467 e. The van der Waals surface area contributed by atoms with Gasteiger partial charge in [-0.3, -0.25) is 4.79 Å². The van der Waals surface area contributed by atoms with Gasteiger partial charge in [0.1, 0.15) is 11.4 Å². The van der Waals surface area contributed by atoms with Crippen LogP contribution in [0, 0.1) is 12.7 Å². The van der Waals surface area contributed by atoms with Crippen LogP contribution in [0.4, 0.5) is 4.39 Å². The molecule has 1 N–H and O–H groups in total. The molecule has 0 aliphatic heterocycles. The molecule has 25 heavy (non-hydrogen) atoms. The molecule has 138 valence electrons. The van der Waals surface area contributed by atoms with Gasteiger partial charge in [0, 0.05) is 11.6 Å². The first kappa shape index (κ1) is 19.8. The van der Waals surface area contributed by atoms with Gasteiger partial charge in [-0.2, -0.15) is 0 Å². The Morgan fingerprint density at radius 1 is 1.32 bits per heavy atom. The van der Waals surface area contributed by atoms with Crippen molar-refractivity contribution in [1.29, 1.82) is 0 Å². The molecule has 0 aromatic heterocycles. The van der Waals surface area contributed by atoms with Crippen LogP contribution in [-0.4, -0.2) is 37.7 Å². The molecule has 0 bridgehead atoms. The third kappa shape index (κ3) is 4.58. The minimum atomic E-state index is -1.04. The molecule has 0 unspecified atom stereocenters. The number of benzene rings is 1. The van der Waals surface area contributed by atoms with Crippen molar-refractivity contribution in [2.75, 3.05) is 14.2 Å². The zero-order valence-electron chi connectivity index (χ0n) is 14.7. The number of methoxy groups -OCH3 is 2. The summed E-state index contributed by atoms with van der Waals surface area (Å²) < 4.78 is 24.7. The Morgan fingerprint density at radius 2 is 1.96 bits per heavy atom. The van der Waals surface area contributed by atoms with Crippen LogP contribution in [0.2, 0.25) is 0 Å². The summed E-state index contributed by atoms with van der Waals surface area (Å²) in [5.74, 6) is -1.16. The second-order valence-electron chi connectivity index (χ2n) is 6.41. The summed E-state index contributed by atoms with van der Waals surface area (Å²) in [7, 11) is 2.95. The molecule has 7 heteroatoms. The average molecular weight is 416 g/mol. The smallest absolute Gasteiger partial charge is 0.331 e. The van der Waals surface area contributed by atoms with Gasteiger partial charge < -0.3 is 14.8 Å². The third-order valence-electron chi connectivity index (χ3n) is 4.84. The zero-order valence-corrected chi connectivity index (χ0v) is 16.2. The highest BCUT2D eigenvalue weighted by Crippen LogP contribution is 2.31. The fourth-order valence-corrected chi connectivity index (χ4v) is 3.74. The number of rotatable bonds is 5. The molecule has 1 aromatic rings. The minimum Gasteiger partial charge on any atom is -0.467 e. The number of esters is 1. The van der Waals surface area contributed by atoms with E-state index < -0.39 is 11.5 Å². The van der Waals surface area contributed by atoms with E-state index in [1.54, 1.807) is 20.1 Å². The summed E-state index contributed by atoms with van der Waals surface area (Å²) in [4.78, 5) is 24.8. The Morgan fingerprint density at radius 3 is 2.52 bits per heavy atom. The summed E-state index contributed by atoms with van der Waals surface area (Å²) >= 11 is 3.24. The van der Waals surface area contributed by atoms with E-state index in [-0.39, 0.29) is 24.2 Å². The predicted molar refractivity (Wildman–Crippen MR) is 94.7 cm³/mol. The molecular formula is C18H23BrFNO4. The molecule has 0 saturated heterocycles. The fraction of sp³-hybridized carbons (Fsp3) is 0.556. The Kier molecular flexibility index (Phi) is 6.57. The normalized spacial score (nSPS) is 23.2. The molecule has 0 spiro atoms. The van der Waals surface area contributed by atoms with Crippen molar-refractivity contribution in [2.24, 2.45) is 0 Å². The van der Waals surface area contributed by atoms with Crippen molar-refractivity contribution in [3.05, 3.63) is 33.5 Å². The molecule has 0 atom stereocenters. The first-order valence-corrected chi connectivity index (χ1v) is 8.97. The maximum absolute atomic E-state index is 13.8. The Balaban J connectivity index is 2.14. The van der Waals surface area contributed by atoms with Crippen molar-refractivity contribution in [3.63, 3.8) is 0 Å². The summed E-state index contributed by atoms with van der Waals surface area (Å²) in [6, 6.07) is 3.07. The molecule has 5 nitrogen and oxygen atoms in total. The number of carbonyl (C=O) groups is 2. The monoisotopic (exact) mass is 415 g/mol. The van der Waals surface area contributed by atoms with E-state index in [4.69, 9.17) is 9.47 Å². The average Bonchev–Trinajstić information content (AvgIpc) is 2.59. The van der Waals surface area contributed by atoms with Gasteiger partial charge in [-0.25, -0.2) is 9.18 Å². The van der Waals surface area contributed by atoms with Crippen molar-refractivity contribution in [1.82, 2.24) is 5.32 Å². The van der Waals surface area contributed by atoms with Gasteiger partial charge in [-0.15, -0.1) is 0 Å². The van der Waals surface area contributed by atoms with Gasteiger partial charge >= 0.3 is 5.97 Å². The second-order valence-corrected chi connectivity index (χ2v) is 7.32. The van der Waals surface area contributed by atoms with Crippen molar-refractivity contribution in [2.45, 2.75) is 50.7 Å². The van der Waals surface area contributed by atoms with E-state index in [1.165, 1.54) is 13.2 Å².